The summed E-state index contributed by atoms with van der Waals surface area (Å²) in [6.45, 7) is 0. The van der Waals surface area contributed by atoms with E-state index < -0.39 is 0 Å². The Labute approximate surface area is 237 Å². The molecule has 0 radical (unpaired) electrons. The van der Waals surface area contributed by atoms with Crippen LogP contribution in [0.1, 0.15) is 22.7 Å². The van der Waals surface area contributed by atoms with Gasteiger partial charge in [0.25, 0.3) is 0 Å². The quantitative estimate of drug-likeness (QED) is 0.250. The van der Waals surface area contributed by atoms with E-state index in [4.69, 9.17) is 0 Å². The smallest absolute Gasteiger partial charge is 0.0722 e. The fourth-order valence-electron chi connectivity index (χ4n) is 6.07. The summed E-state index contributed by atoms with van der Waals surface area (Å²) in [4.78, 5) is 8.79. The Morgan fingerprint density at radius 1 is 0.610 bits per heavy atom. The van der Waals surface area contributed by atoms with E-state index in [9.17, 15) is 0 Å². The van der Waals surface area contributed by atoms with Crippen LogP contribution in [0.2, 0.25) is 0 Å². The predicted octanol–water partition coefficient (Wildman–Crippen LogP) is 8.50. The fourth-order valence-corrected chi connectivity index (χ4v) is 6.07. The van der Waals surface area contributed by atoms with Crippen LogP contribution in [0.25, 0.3) is 49.5 Å². The molecule has 1 atom stereocenters. The Morgan fingerprint density at radius 2 is 1.39 bits per heavy atom. The Kier molecular flexibility index (Phi) is 5.49. The molecule has 4 heterocycles. The van der Waals surface area contributed by atoms with Crippen molar-refractivity contribution < 1.29 is 0 Å². The number of rotatable bonds is 4. The lowest BCUT2D eigenvalue weighted by atomic mass is 9.91. The Hall–Kier alpha value is -5.48. The Balaban J connectivity index is 1.24. The van der Waals surface area contributed by atoms with Gasteiger partial charge < -0.3 is 9.88 Å². The van der Waals surface area contributed by atoms with Crippen LogP contribution >= 0.6 is 0 Å². The minimum atomic E-state index is 0.00202. The number of nitrogens with one attached hydrogen (secondary N) is 1. The zero-order chi connectivity index (χ0) is 27.2. The largest absolute Gasteiger partial charge is 0.374 e. The molecule has 1 unspecified atom stereocenters. The van der Waals surface area contributed by atoms with Crippen LogP contribution in [0.5, 0.6) is 0 Å². The van der Waals surface area contributed by atoms with Crippen LogP contribution in [-0.4, -0.2) is 14.5 Å². The highest BCUT2D eigenvalue weighted by Crippen LogP contribution is 2.36. The van der Waals surface area contributed by atoms with E-state index >= 15 is 0 Å². The Bertz CT molecular complexity index is 2060. The second-order valence-corrected chi connectivity index (χ2v) is 10.4. The van der Waals surface area contributed by atoms with Crippen molar-refractivity contribution >= 4 is 43.8 Å². The van der Waals surface area contributed by atoms with Gasteiger partial charge in [0.2, 0.25) is 0 Å². The summed E-state index contributed by atoms with van der Waals surface area (Å²) in [6.07, 6.45) is 12.2. The van der Waals surface area contributed by atoms with Crippen molar-refractivity contribution in [3.05, 3.63) is 163 Å². The van der Waals surface area contributed by atoms with Gasteiger partial charge in [0.05, 0.1) is 17.1 Å². The molecule has 41 heavy (non-hydrogen) atoms. The van der Waals surface area contributed by atoms with Gasteiger partial charge in [-0.1, -0.05) is 78.9 Å². The van der Waals surface area contributed by atoms with Crippen LogP contribution in [0.4, 0.5) is 0 Å². The molecule has 194 valence electrons. The summed E-state index contributed by atoms with van der Waals surface area (Å²) in [5, 5.41) is 8.63. The lowest BCUT2D eigenvalue weighted by Crippen LogP contribution is -2.22. The van der Waals surface area contributed by atoms with Crippen molar-refractivity contribution in [3.63, 3.8) is 0 Å². The Morgan fingerprint density at radius 3 is 2.27 bits per heavy atom. The first-order valence-corrected chi connectivity index (χ1v) is 13.9. The third-order valence-electron chi connectivity index (χ3n) is 8.01. The van der Waals surface area contributed by atoms with Crippen molar-refractivity contribution in [2.45, 2.75) is 6.04 Å². The zero-order valence-electron chi connectivity index (χ0n) is 22.3. The van der Waals surface area contributed by atoms with Gasteiger partial charge in [0, 0.05) is 46.9 Å². The fraction of sp³-hybridized carbons (Fsp3) is 0.0270. The summed E-state index contributed by atoms with van der Waals surface area (Å²) >= 11 is 0. The molecular weight excluding hydrogens is 500 g/mol. The van der Waals surface area contributed by atoms with Crippen LogP contribution in [-0.2, 0) is 0 Å². The average Bonchev–Trinajstić information content (AvgIpc) is 3.39. The maximum atomic E-state index is 4.40. The van der Waals surface area contributed by atoms with Crippen molar-refractivity contribution in [1.29, 1.82) is 0 Å². The maximum absolute atomic E-state index is 4.40. The number of fused-ring (bicyclic) bond motifs is 4. The van der Waals surface area contributed by atoms with Gasteiger partial charge in [-0.15, -0.1) is 0 Å². The number of allylic oxidation sites excluding steroid dienone is 2. The topological polar surface area (TPSA) is 42.7 Å². The third kappa shape index (κ3) is 4.00. The molecule has 1 aliphatic heterocycles. The summed E-state index contributed by atoms with van der Waals surface area (Å²) in [5.41, 5.74) is 9.23. The minimum absolute atomic E-state index is 0.00202. The molecule has 4 heteroatoms. The summed E-state index contributed by atoms with van der Waals surface area (Å²) in [5.74, 6) is 0. The summed E-state index contributed by atoms with van der Waals surface area (Å²) in [7, 11) is 0. The number of benzene rings is 4. The van der Waals surface area contributed by atoms with Crippen molar-refractivity contribution in [2.24, 2.45) is 0 Å². The number of hydrogen-bond acceptors (Lipinski definition) is 3. The number of dihydropyridines is 1. The molecule has 0 saturated heterocycles. The van der Waals surface area contributed by atoms with Gasteiger partial charge in [0.15, 0.2) is 0 Å². The molecule has 0 saturated carbocycles. The van der Waals surface area contributed by atoms with E-state index in [1.807, 2.05) is 30.9 Å². The summed E-state index contributed by atoms with van der Waals surface area (Å²) < 4.78 is 2.32. The highest BCUT2D eigenvalue weighted by Gasteiger charge is 2.20. The molecule has 1 aliphatic rings. The molecule has 4 aromatic carbocycles. The number of para-hydroxylation sites is 1. The second-order valence-electron chi connectivity index (χ2n) is 10.4. The molecule has 0 spiro atoms. The van der Waals surface area contributed by atoms with Gasteiger partial charge in [-0.2, -0.15) is 0 Å². The maximum Gasteiger partial charge on any atom is 0.0722 e. The molecule has 8 rings (SSSR count). The molecule has 0 fully saturated rings. The van der Waals surface area contributed by atoms with Crippen molar-refractivity contribution in [1.82, 2.24) is 19.9 Å². The minimum Gasteiger partial charge on any atom is -0.374 e. The van der Waals surface area contributed by atoms with E-state index in [0.29, 0.717) is 0 Å². The van der Waals surface area contributed by atoms with E-state index in [1.165, 1.54) is 32.8 Å². The number of aromatic nitrogens is 3. The molecular formula is C37H26N4. The van der Waals surface area contributed by atoms with Gasteiger partial charge in [-0.05, 0) is 75.5 Å². The highest BCUT2D eigenvalue weighted by molar-refractivity contribution is 6.08. The standard InChI is InChI=1S/C37H26N4/c1-2-10-30-25(7-1)8-5-12-31(30)28-21-34(40-35(22-28)27-9-6-19-38-23-27)26-14-16-29(17-15-26)41-36-13-4-3-11-32(36)33-24-39-20-18-37(33)41/h1-24,35,40H. The van der Waals surface area contributed by atoms with Crippen molar-refractivity contribution in [3.8, 4) is 5.69 Å². The van der Waals surface area contributed by atoms with E-state index in [-0.39, 0.29) is 6.04 Å². The zero-order valence-corrected chi connectivity index (χ0v) is 22.3. The molecule has 0 bridgehead atoms. The van der Waals surface area contributed by atoms with Crippen LogP contribution < -0.4 is 5.32 Å². The monoisotopic (exact) mass is 526 g/mol. The number of nitrogens with zero attached hydrogens (tertiary/aromatic N) is 3. The molecule has 0 aliphatic carbocycles. The number of hydrogen-bond donors (Lipinski definition) is 1. The van der Waals surface area contributed by atoms with Gasteiger partial charge in [-0.25, -0.2) is 0 Å². The predicted molar refractivity (Wildman–Crippen MR) is 169 cm³/mol. The molecule has 4 nitrogen and oxygen atoms in total. The lowest BCUT2D eigenvalue weighted by molar-refractivity contribution is 0.762. The van der Waals surface area contributed by atoms with Crippen molar-refractivity contribution in [2.75, 3.05) is 0 Å². The molecule has 7 aromatic rings. The van der Waals surface area contributed by atoms with E-state index in [1.54, 1.807) is 0 Å². The SMILES string of the molecule is C1=C(c2ccc(-n3c4ccccc4c4cnccc43)cc2)NC(c2cccnc2)C=C1c1cccc2ccccc12. The van der Waals surface area contributed by atoms with Crippen LogP contribution in [0, 0.1) is 0 Å². The van der Waals surface area contributed by atoms with Crippen LogP contribution in [0.3, 0.4) is 0 Å². The number of pyridine rings is 2. The lowest BCUT2D eigenvalue weighted by Gasteiger charge is -2.26. The highest BCUT2D eigenvalue weighted by atomic mass is 15.0. The van der Waals surface area contributed by atoms with E-state index in [2.05, 4.69) is 135 Å². The van der Waals surface area contributed by atoms with Gasteiger partial charge in [0.1, 0.15) is 0 Å². The average molecular weight is 527 g/mol. The third-order valence-corrected chi connectivity index (χ3v) is 8.01. The molecule has 1 N–H and O–H groups in total. The molecule has 0 amide bonds. The van der Waals surface area contributed by atoms with Gasteiger partial charge in [-0.3, -0.25) is 9.97 Å². The first kappa shape index (κ1) is 23.4. The first-order valence-electron chi connectivity index (χ1n) is 13.9. The summed E-state index contributed by atoms with van der Waals surface area (Å²) in [6, 6.07) is 38.7. The normalized spacial score (nSPS) is 15.1. The molecule has 3 aromatic heterocycles. The van der Waals surface area contributed by atoms with E-state index in [0.717, 1.165) is 33.4 Å². The van der Waals surface area contributed by atoms with Crippen LogP contribution in [0.15, 0.2) is 146 Å². The first-order chi connectivity index (χ1) is 20.3. The van der Waals surface area contributed by atoms with Gasteiger partial charge >= 0.3 is 0 Å². The second kappa shape index (κ2) is 9.61.